The van der Waals surface area contributed by atoms with Crippen molar-refractivity contribution in [3.8, 4) is 0 Å². The molecule has 0 saturated carbocycles. The van der Waals surface area contributed by atoms with Gasteiger partial charge < -0.3 is 14.2 Å². The molecule has 16 heavy (non-hydrogen) atoms. The molecule has 0 aromatic heterocycles. The predicted octanol–water partition coefficient (Wildman–Crippen LogP) is 1.90. The van der Waals surface area contributed by atoms with Gasteiger partial charge in [-0.3, -0.25) is 5.41 Å². The number of rotatable bonds is 4. The standard InChI is InChI=1S/C12H15NO3/c1-14-7-6-9-4-2-3-5-10(9)12-15-8-11(13)16-12/h2-5,12-13H,6-8H2,1H3. The summed E-state index contributed by atoms with van der Waals surface area (Å²) in [4.78, 5) is 0. The Balaban J connectivity index is 2.15. The fourth-order valence-electron chi connectivity index (χ4n) is 1.71. The average molecular weight is 221 g/mol. The third-order valence-electron chi connectivity index (χ3n) is 2.50. The third-order valence-corrected chi connectivity index (χ3v) is 2.50. The van der Waals surface area contributed by atoms with Gasteiger partial charge >= 0.3 is 0 Å². The second kappa shape index (κ2) is 5.09. The number of benzene rings is 1. The fourth-order valence-corrected chi connectivity index (χ4v) is 1.71. The van der Waals surface area contributed by atoms with E-state index in [0.29, 0.717) is 6.61 Å². The van der Waals surface area contributed by atoms with Crippen molar-refractivity contribution in [3.63, 3.8) is 0 Å². The Morgan fingerprint density at radius 3 is 2.94 bits per heavy atom. The van der Waals surface area contributed by atoms with E-state index in [1.165, 1.54) is 0 Å². The van der Waals surface area contributed by atoms with E-state index in [1.807, 2.05) is 24.3 Å². The molecule has 1 saturated heterocycles. The normalized spacial score (nSPS) is 19.8. The molecular formula is C12H15NO3. The Bertz CT molecular complexity index is 378. The number of hydrogen-bond donors (Lipinski definition) is 1. The van der Waals surface area contributed by atoms with E-state index in [1.54, 1.807) is 7.11 Å². The van der Waals surface area contributed by atoms with Crippen LogP contribution in [0.3, 0.4) is 0 Å². The van der Waals surface area contributed by atoms with Crippen LogP contribution in [-0.2, 0) is 20.6 Å². The summed E-state index contributed by atoms with van der Waals surface area (Å²) >= 11 is 0. The lowest BCUT2D eigenvalue weighted by molar-refractivity contribution is -0.0254. The van der Waals surface area contributed by atoms with Crippen LogP contribution in [0.2, 0.25) is 0 Å². The van der Waals surface area contributed by atoms with E-state index < -0.39 is 6.29 Å². The van der Waals surface area contributed by atoms with Gasteiger partial charge in [-0.05, 0) is 12.0 Å². The summed E-state index contributed by atoms with van der Waals surface area (Å²) in [6, 6.07) is 7.92. The van der Waals surface area contributed by atoms with Gasteiger partial charge in [0.25, 0.3) is 0 Å². The molecule has 4 heteroatoms. The molecule has 1 aliphatic rings. The number of nitrogens with one attached hydrogen (secondary N) is 1. The summed E-state index contributed by atoms with van der Waals surface area (Å²) in [5, 5.41) is 7.37. The van der Waals surface area contributed by atoms with E-state index in [0.717, 1.165) is 17.5 Å². The van der Waals surface area contributed by atoms with Gasteiger partial charge in [-0.1, -0.05) is 24.3 Å². The average Bonchev–Trinajstić information content (AvgIpc) is 2.73. The molecule has 0 aliphatic carbocycles. The van der Waals surface area contributed by atoms with E-state index >= 15 is 0 Å². The smallest absolute Gasteiger partial charge is 0.229 e. The van der Waals surface area contributed by atoms with Gasteiger partial charge in [0.2, 0.25) is 12.2 Å². The largest absolute Gasteiger partial charge is 0.445 e. The Morgan fingerprint density at radius 2 is 2.25 bits per heavy atom. The minimum atomic E-state index is -0.430. The van der Waals surface area contributed by atoms with Gasteiger partial charge in [0.1, 0.15) is 6.61 Å². The van der Waals surface area contributed by atoms with Crippen molar-refractivity contribution < 1.29 is 14.2 Å². The Labute approximate surface area is 94.6 Å². The lowest BCUT2D eigenvalue weighted by Crippen LogP contribution is -2.05. The number of ether oxygens (including phenoxy) is 3. The number of methoxy groups -OCH3 is 1. The highest BCUT2D eigenvalue weighted by Gasteiger charge is 2.24. The van der Waals surface area contributed by atoms with Crippen molar-refractivity contribution in [1.29, 1.82) is 5.41 Å². The lowest BCUT2D eigenvalue weighted by atomic mass is 10.0. The molecule has 2 rings (SSSR count). The first-order chi connectivity index (χ1) is 7.81. The molecule has 1 atom stereocenters. The van der Waals surface area contributed by atoms with E-state index in [4.69, 9.17) is 19.6 Å². The SMILES string of the molecule is COCCc1ccccc1C1OCC(=N)O1. The summed E-state index contributed by atoms with van der Waals surface area (Å²) in [6.07, 6.45) is 0.393. The molecule has 0 radical (unpaired) electrons. The van der Waals surface area contributed by atoms with Crippen LogP contribution in [0.5, 0.6) is 0 Å². The molecule has 86 valence electrons. The first kappa shape index (κ1) is 11.1. The number of hydrogen-bond acceptors (Lipinski definition) is 4. The molecule has 1 aliphatic heterocycles. The molecule has 0 amide bonds. The first-order valence-electron chi connectivity index (χ1n) is 5.23. The van der Waals surface area contributed by atoms with E-state index in [-0.39, 0.29) is 12.5 Å². The molecular weight excluding hydrogens is 206 g/mol. The zero-order valence-corrected chi connectivity index (χ0v) is 9.23. The highest BCUT2D eigenvalue weighted by molar-refractivity contribution is 5.75. The molecule has 1 heterocycles. The summed E-state index contributed by atoms with van der Waals surface area (Å²) in [7, 11) is 1.68. The van der Waals surface area contributed by atoms with Crippen LogP contribution in [-0.4, -0.2) is 26.2 Å². The molecule has 4 nitrogen and oxygen atoms in total. The maximum atomic E-state index is 7.37. The van der Waals surface area contributed by atoms with Gasteiger partial charge in [-0.15, -0.1) is 0 Å². The van der Waals surface area contributed by atoms with Crippen molar-refractivity contribution in [1.82, 2.24) is 0 Å². The summed E-state index contributed by atoms with van der Waals surface area (Å²) < 4.78 is 15.7. The maximum Gasteiger partial charge on any atom is 0.229 e. The van der Waals surface area contributed by atoms with Crippen LogP contribution < -0.4 is 0 Å². The van der Waals surface area contributed by atoms with Crippen molar-refractivity contribution in [2.45, 2.75) is 12.7 Å². The van der Waals surface area contributed by atoms with Crippen LogP contribution in [0.1, 0.15) is 17.4 Å². The van der Waals surface area contributed by atoms with Crippen LogP contribution in [0, 0.1) is 5.41 Å². The highest BCUT2D eigenvalue weighted by atomic mass is 16.7. The second-order valence-corrected chi connectivity index (χ2v) is 3.63. The Morgan fingerprint density at radius 1 is 1.44 bits per heavy atom. The van der Waals surface area contributed by atoms with Crippen LogP contribution in [0.15, 0.2) is 24.3 Å². The lowest BCUT2D eigenvalue weighted by Gasteiger charge is -2.13. The van der Waals surface area contributed by atoms with Crippen molar-refractivity contribution in [3.05, 3.63) is 35.4 Å². The summed E-state index contributed by atoms with van der Waals surface area (Å²) in [6.45, 7) is 0.921. The summed E-state index contributed by atoms with van der Waals surface area (Å²) in [5.74, 6) is 0.187. The minimum Gasteiger partial charge on any atom is -0.445 e. The predicted molar refractivity (Wildman–Crippen MR) is 59.5 cm³/mol. The molecule has 1 fully saturated rings. The van der Waals surface area contributed by atoms with Gasteiger partial charge in [0, 0.05) is 12.7 Å². The second-order valence-electron chi connectivity index (χ2n) is 3.63. The molecule has 1 aromatic rings. The molecule has 1 aromatic carbocycles. The highest BCUT2D eigenvalue weighted by Crippen LogP contribution is 2.27. The van der Waals surface area contributed by atoms with E-state index in [2.05, 4.69) is 0 Å². The zero-order chi connectivity index (χ0) is 11.4. The Hall–Kier alpha value is -1.39. The van der Waals surface area contributed by atoms with Gasteiger partial charge in [0.05, 0.1) is 6.61 Å². The molecule has 1 unspecified atom stereocenters. The molecule has 1 N–H and O–H groups in total. The third kappa shape index (κ3) is 2.40. The molecule has 0 spiro atoms. The van der Waals surface area contributed by atoms with Gasteiger partial charge in [-0.25, -0.2) is 0 Å². The quantitative estimate of drug-likeness (QED) is 0.844. The van der Waals surface area contributed by atoms with Gasteiger partial charge in [-0.2, -0.15) is 0 Å². The van der Waals surface area contributed by atoms with Crippen LogP contribution in [0.25, 0.3) is 0 Å². The van der Waals surface area contributed by atoms with Crippen LogP contribution in [0.4, 0.5) is 0 Å². The van der Waals surface area contributed by atoms with Crippen LogP contribution >= 0.6 is 0 Å². The monoisotopic (exact) mass is 221 g/mol. The Kier molecular flexibility index (Phi) is 3.54. The van der Waals surface area contributed by atoms with E-state index in [9.17, 15) is 0 Å². The topological polar surface area (TPSA) is 51.5 Å². The van der Waals surface area contributed by atoms with Crippen molar-refractivity contribution >= 4 is 5.90 Å². The van der Waals surface area contributed by atoms with Crippen molar-refractivity contribution in [2.24, 2.45) is 0 Å². The minimum absolute atomic E-state index is 0.187. The summed E-state index contributed by atoms with van der Waals surface area (Å²) in [5.41, 5.74) is 2.13. The van der Waals surface area contributed by atoms with Gasteiger partial charge in [0.15, 0.2) is 0 Å². The molecule has 0 bridgehead atoms. The first-order valence-corrected chi connectivity index (χ1v) is 5.23. The zero-order valence-electron chi connectivity index (χ0n) is 9.23. The maximum absolute atomic E-state index is 7.37. The van der Waals surface area contributed by atoms with Crippen molar-refractivity contribution in [2.75, 3.05) is 20.3 Å². The fraction of sp³-hybridized carbons (Fsp3) is 0.417.